The Labute approximate surface area is 185 Å². The molecule has 0 radical (unpaired) electrons. The molecule has 0 saturated heterocycles. The summed E-state index contributed by atoms with van der Waals surface area (Å²) in [4.78, 5) is 24.1. The van der Waals surface area contributed by atoms with Crippen LogP contribution >= 0.6 is 0 Å². The number of aromatic nitrogens is 2. The van der Waals surface area contributed by atoms with Crippen molar-refractivity contribution in [3.63, 3.8) is 0 Å². The molecule has 0 atom stereocenters. The second-order valence-electron chi connectivity index (χ2n) is 9.60. The summed E-state index contributed by atoms with van der Waals surface area (Å²) < 4.78 is 31.7. The smallest absolute Gasteiger partial charge is 0.434 e. The molecule has 1 aromatic carbocycles. The van der Waals surface area contributed by atoms with Crippen molar-refractivity contribution in [3.8, 4) is 11.5 Å². The molecule has 0 aliphatic heterocycles. The normalized spacial score (nSPS) is 24.4. The Bertz CT molecular complexity index is 1030. The number of halogens is 1. The first kappa shape index (κ1) is 22.4. The van der Waals surface area contributed by atoms with Crippen molar-refractivity contribution in [2.75, 3.05) is 13.7 Å². The highest BCUT2D eigenvalue weighted by Gasteiger charge is 2.38. The Morgan fingerprint density at radius 3 is 2.50 bits per heavy atom. The molecule has 2 aliphatic rings. The van der Waals surface area contributed by atoms with Gasteiger partial charge in [-0.25, -0.2) is 14.3 Å². The van der Waals surface area contributed by atoms with Crippen molar-refractivity contribution in [3.05, 3.63) is 40.0 Å². The fourth-order valence-corrected chi connectivity index (χ4v) is 4.58. The first-order valence-corrected chi connectivity index (χ1v) is 11.1. The van der Waals surface area contributed by atoms with Crippen LogP contribution < -0.4 is 20.5 Å². The molecule has 1 aromatic heterocycles. The molecule has 2 aromatic rings. The van der Waals surface area contributed by atoms with E-state index in [1.54, 1.807) is 6.07 Å². The van der Waals surface area contributed by atoms with Gasteiger partial charge < -0.3 is 19.2 Å². The summed E-state index contributed by atoms with van der Waals surface area (Å²) in [6.45, 7) is 4.61. The zero-order valence-corrected chi connectivity index (χ0v) is 18.8. The lowest BCUT2D eigenvalue weighted by Gasteiger charge is -2.38. The van der Waals surface area contributed by atoms with E-state index in [1.165, 1.54) is 13.2 Å². The lowest BCUT2D eigenvalue weighted by molar-refractivity contribution is 0.0876. The number of nitrogens with zero attached hydrogens (tertiary/aromatic N) is 1. The molecule has 1 amide bonds. The van der Waals surface area contributed by atoms with Gasteiger partial charge in [-0.3, -0.25) is 4.79 Å². The highest BCUT2D eigenvalue weighted by atomic mass is 19.1. The zero-order chi connectivity index (χ0) is 22.9. The second-order valence-corrected chi connectivity index (χ2v) is 9.60. The number of nitrogens with one attached hydrogen (secondary N) is 2. The fourth-order valence-electron chi connectivity index (χ4n) is 4.58. The predicted octanol–water partition coefficient (Wildman–Crippen LogP) is 3.71. The third-order valence-corrected chi connectivity index (χ3v) is 7.04. The van der Waals surface area contributed by atoms with E-state index in [9.17, 15) is 9.59 Å². The van der Waals surface area contributed by atoms with Crippen LogP contribution in [0.1, 0.15) is 75.0 Å². The molecule has 1 heterocycles. The Morgan fingerprint density at radius 1 is 1.25 bits per heavy atom. The highest BCUT2D eigenvalue weighted by Crippen LogP contribution is 2.41. The number of hydrogen-bond donors (Lipinski definition) is 2. The van der Waals surface area contributed by atoms with Crippen molar-refractivity contribution in [2.24, 2.45) is 5.41 Å². The number of methoxy groups -OCH3 is 1. The summed E-state index contributed by atoms with van der Waals surface area (Å²) in [7, 11) is 1.41. The SMILES string of the molecule is COc1ccc(OC2CCC(C)(c3n[nH]c(=O)o3)CC2)c(F)c1C(=O)NCC1(C)CCC1. The summed E-state index contributed by atoms with van der Waals surface area (Å²) in [5, 5.41) is 9.13. The molecule has 32 heavy (non-hydrogen) atoms. The number of rotatable bonds is 7. The van der Waals surface area contributed by atoms with Gasteiger partial charge in [0.1, 0.15) is 11.3 Å². The average molecular weight is 448 g/mol. The number of benzene rings is 1. The van der Waals surface area contributed by atoms with Gasteiger partial charge in [0, 0.05) is 12.0 Å². The molecule has 4 rings (SSSR count). The summed E-state index contributed by atoms with van der Waals surface area (Å²) in [5.41, 5.74) is -0.428. The van der Waals surface area contributed by atoms with E-state index in [4.69, 9.17) is 13.9 Å². The molecule has 2 aliphatic carbocycles. The molecule has 9 heteroatoms. The molecule has 0 bridgehead atoms. The molecule has 0 unspecified atom stereocenters. The molecule has 2 N–H and O–H groups in total. The minimum Gasteiger partial charge on any atom is -0.496 e. The van der Waals surface area contributed by atoms with Crippen LogP contribution in [-0.2, 0) is 5.41 Å². The number of amides is 1. The van der Waals surface area contributed by atoms with Gasteiger partial charge in [-0.1, -0.05) is 20.3 Å². The van der Waals surface area contributed by atoms with Gasteiger partial charge in [-0.05, 0) is 56.1 Å². The molecular weight excluding hydrogens is 417 g/mol. The first-order chi connectivity index (χ1) is 15.2. The summed E-state index contributed by atoms with van der Waals surface area (Å²) >= 11 is 0. The van der Waals surface area contributed by atoms with Crippen LogP contribution in [0.15, 0.2) is 21.3 Å². The van der Waals surface area contributed by atoms with Crippen molar-refractivity contribution < 1.29 is 23.1 Å². The standard InChI is InChI=1S/C23H30FN3O5/c1-22(9-4-10-22)13-25-19(28)17-15(30-3)5-6-16(18(17)24)31-14-7-11-23(2,12-8-14)20-26-27-21(29)32-20/h5-6,14H,4,7-13H2,1-3H3,(H,25,28)(H,27,29). The zero-order valence-electron chi connectivity index (χ0n) is 18.8. The lowest BCUT2D eigenvalue weighted by Crippen LogP contribution is -2.40. The summed E-state index contributed by atoms with van der Waals surface area (Å²) in [6, 6.07) is 3.06. The molecule has 174 valence electrons. The quantitative estimate of drug-likeness (QED) is 0.670. The number of H-pyrrole nitrogens is 1. The maximum absolute atomic E-state index is 15.3. The number of aromatic amines is 1. The van der Waals surface area contributed by atoms with Gasteiger partial charge in [-0.2, -0.15) is 0 Å². The molecule has 8 nitrogen and oxygen atoms in total. The minimum atomic E-state index is -0.716. The lowest BCUT2D eigenvalue weighted by atomic mass is 9.70. The van der Waals surface area contributed by atoms with Crippen LogP contribution in [0.2, 0.25) is 0 Å². The van der Waals surface area contributed by atoms with E-state index in [2.05, 4.69) is 22.4 Å². The monoisotopic (exact) mass is 447 g/mol. The van der Waals surface area contributed by atoms with Crippen LogP contribution in [-0.4, -0.2) is 35.9 Å². The van der Waals surface area contributed by atoms with Crippen molar-refractivity contribution >= 4 is 5.91 Å². The van der Waals surface area contributed by atoms with Crippen LogP contribution in [0.5, 0.6) is 11.5 Å². The molecular formula is C23H30FN3O5. The molecule has 2 fully saturated rings. The van der Waals surface area contributed by atoms with E-state index in [0.29, 0.717) is 38.1 Å². The largest absolute Gasteiger partial charge is 0.496 e. The van der Waals surface area contributed by atoms with E-state index in [1.807, 2.05) is 6.92 Å². The van der Waals surface area contributed by atoms with Crippen LogP contribution in [0.3, 0.4) is 0 Å². The Kier molecular flexibility index (Phi) is 6.01. The van der Waals surface area contributed by atoms with Gasteiger partial charge in [0.05, 0.1) is 13.2 Å². The van der Waals surface area contributed by atoms with Gasteiger partial charge in [0.25, 0.3) is 5.91 Å². The maximum atomic E-state index is 15.3. The molecule has 0 spiro atoms. The fraction of sp³-hybridized carbons (Fsp3) is 0.609. The number of hydrogen-bond acceptors (Lipinski definition) is 6. The predicted molar refractivity (Wildman–Crippen MR) is 115 cm³/mol. The van der Waals surface area contributed by atoms with Crippen LogP contribution in [0, 0.1) is 11.2 Å². The number of ether oxygens (including phenoxy) is 2. The minimum absolute atomic E-state index is 0.0331. The van der Waals surface area contributed by atoms with Crippen molar-refractivity contribution in [1.82, 2.24) is 15.5 Å². The third kappa shape index (κ3) is 4.38. The van der Waals surface area contributed by atoms with E-state index >= 15 is 4.39 Å². The first-order valence-electron chi connectivity index (χ1n) is 11.1. The Hall–Kier alpha value is -2.84. The topological polar surface area (TPSA) is 106 Å². The number of carbonyl (C=O) groups excluding carboxylic acids is 1. The maximum Gasteiger partial charge on any atom is 0.434 e. The molecule has 2 saturated carbocycles. The summed E-state index contributed by atoms with van der Waals surface area (Å²) in [6.07, 6.45) is 5.67. The Morgan fingerprint density at radius 2 is 1.94 bits per heavy atom. The average Bonchev–Trinajstić information content (AvgIpc) is 3.20. The van der Waals surface area contributed by atoms with Crippen molar-refractivity contribution in [1.29, 1.82) is 0 Å². The van der Waals surface area contributed by atoms with Gasteiger partial charge in [0.2, 0.25) is 5.89 Å². The van der Waals surface area contributed by atoms with Crippen LogP contribution in [0.25, 0.3) is 0 Å². The second kappa shape index (κ2) is 8.60. The highest BCUT2D eigenvalue weighted by molar-refractivity contribution is 5.97. The van der Waals surface area contributed by atoms with E-state index in [-0.39, 0.29) is 34.0 Å². The van der Waals surface area contributed by atoms with Crippen molar-refractivity contribution in [2.45, 2.75) is 70.3 Å². The third-order valence-electron chi connectivity index (χ3n) is 7.04. The van der Waals surface area contributed by atoms with E-state index < -0.39 is 17.5 Å². The number of carbonyl (C=O) groups is 1. The van der Waals surface area contributed by atoms with Gasteiger partial charge in [0.15, 0.2) is 11.6 Å². The van der Waals surface area contributed by atoms with Crippen LogP contribution in [0.4, 0.5) is 4.39 Å². The van der Waals surface area contributed by atoms with Gasteiger partial charge >= 0.3 is 5.76 Å². The Balaban J connectivity index is 1.44. The van der Waals surface area contributed by atoms with E-state index in [0.717, 1.165) is 19.3 Å². The summed E-state index contributed by atoms with van der Waals surface area (Å²) in [5.74, 6) is -1.19. The van der Waals surface area contributed by atoms with Gasteiger partial charge in [-0.15, -0.1) is 5.10 Å².